The molecule has 1 heterocycles. The molecule has 86 valence electrons. The number of hydrogen-bond donors (Lipinski definition) is 0. The van der Waals surface area contributed by atoms with Crippen molar-refractivity contribution in [1.29, 1.82) is 0 Å². The van der Waals surface area contributed by atoms with E-state index >= 15 is 0 Å². The lowest BCUT2D eigenvalue weighted by atomic mass is 9.99. The summed E-state index contributed by atoms with van der Waals surface area (Å²) < 4.78 is 11.3. The predicted molar refractivity (Wildman–Crippen MR) is 63.6 cm³/mol. The first-order valence-electron chi connectivity index (χ1n) is 5.93. The molecule has 0 amide bonds. The first kappa shape index (κ1) is 11.1. The summed E-state index contributed by atoms with van der Waals surface area (Å²) in [7, 11) is 0. The molecule has 2 nitrogen and oxygen atoms in total. The van der Waals surface area contributed by atoms with E-state index in [0.717, 1.165) is 18.4 Å². The van der Waals surface area contributed by atoms with Gasteiger partial charge in [-0.05, 0) is 6.42 Å². The first-order chi connectivity index (χ1) is 7.87. The number of hydrogen-bond acceptors (Lipinski definition) is 2. The van der Waals surface area contributed by atoms with Crippen molar-refractivity contribution in [2.45, 2.75) is 38.4 Å². The van der Waals surface area contributed by atoms with Crippen LogP contribution < -0.4 is 0 Å². The molecule has 2 heteroatoms. The second-order valence-electron chi connectivity index (χ2n) is 4.08. The van der Waals surface area contributed by atoms with Gasteiger partial charge in [0, 0.05) is 12.0 Å². The number of benzene rings is 1. The molecule has 0 fully saturated rings. The van der Waals surface area contributed by atoms with Gasteiger partial charge in [0.2, 0.25) is 0 Å². The molecule has 0 aromatic heterocycles. The van der Waals surface area contributed by atoms with Crippen LogP contribution in [-0.2, 0) is 15.3 Å². The Hall–Kier alpha value is -1.44. The van der Waals surface area contributed by atoms with Gasteiger partial charge in [-0.3, -0.25) is 0 Å². The molecule has 1 aliphatic rings. The lowest BCUT2D eigenvalue weighted by molar-refractivity contribution is -0.156. The summed E-state index contributed by atoms with van der Waals surface area (Å²) in [5.74, 6) is -0.573. The average Bonchev–Trinajstić information content (AvgIpc) is 2.81. The molecule has 0 bridgehead atoms. The highest BCUT2D eigenvalue weighted by Crippen LogP contribution is 2.36. The molecule has 1 aromatic carbocycles. The molecule has 0 saturated carbocycles. The van der Waals surface area contributed by atoms with Crippen molar-refractivity contribution in [2.24, 2.45) is 0 Å². The SMILES string of the molecule is CCCCCC1(c2ccccc2)OC=CO1. The molecule has 0 radical (unpaired) electrons. The lowest BCUT2D eigenvalue weighted by Gasteiger charge is -2.28. The highest BCUT2D eigenvalue weighted by Gasteiger charge is 2.36. The van der Waals surface area contributed by atoms with Crippen molar-refractivity contribution in [2.75, 3.05) is 0 Å². The minimum atomic E-state index is -0.573. The molecule has 0 N–H and O–H groups in total. The average molecular weight is 218 g/mol. The Kier molecular flexibility index (Phi) is 3.50. The molecule has 1 aliphatic heterocycles. The van der Waals surface area contributed by atoms with Crippen LogP contribution in [-0.4, -0.2) is 0 Å². The Morgan fingerprint density at radius 1 is 1.00 bits per heavy atom. The third-order valence-electron chi connectivity index (χ3n) is 2.90. The number of rotatable bonds is 5. The van der Waals surface area contributed by atoms with Crippen LogP contribution in [0.1, 0.15) is 38.2 Å². The Morgan fingerprint density at radius 3 is 2.31 bits per heavy atom. The zero-order valence-corrected chi connectivity index (χ0v) is 9.69. The quantitative estimate of drug-likeness (QED) is 0.697. The lowest BCUT2D eigenvalue weighted by Crippen LogP contribution is -2.26. The molecule has 0 unspecified atom stereocenters. The van der Waals surface area contributed by atoms with E-state index in [-0.39, 0.29) is 0 Å². The maximum absolute atomic E-state index is 5.67. The summed E-state index contributed by atoms with van der Waals surface area (Å²) in [4.78, 5) is 0. The summed E-state index contributed by atoms with van der Waals surface area (Å²) in [6.07, 6.45) is 7.71. The Balaban J connectivity index is 2.10. The van der Waals surface area contributed by atoms with Crippen LogP contribution >= 0.6 is 0 Å². The van der Waals surface area contributed by atoms with Gasteiger partial charge in [0.25, 0.3) is 5.79 Å². The van der Waals surface area contributed by atoms with E-state index in [0.29, 0.717) is 0 Å². The molecule has 1 aromatic rings. The van der Waals surface area contributed by atoms with Crippen LogP contribution in [0.3, 0.4) is 0 Å². The zero-order chi connectivity index (χ0) is 11.3. The van der Waals surface area contributed by atoms with Crippen LogP contribution in [0, 0.1) is 0 Å². The number of unbranched alkanes of at least 4 members (excludes halogenated alkanes) is 2. The molecule has 0 spiro atoms. The van der Waals surface area contributed by atoms with Crippen LogP contribution in [0.4, 0.5) is 0 Å². The minimum Gasteiger partial charge on any atom is -0.453 e. The monoisotopic (exact) mass is 218 g/mol. The van der Waals surface area contributed by atoms with E-state index in [1.54, 1.807) is 12.5 Å². The van der Waals surface area contributed by atoms with E-state index < -0.39 is 5.79 Å². The minimum absolute atomic E-state index is 0.573. The van der Waals surface area contributed by atoms with Gasteiger partial charge in [0.15, 0.2) is 0 Å². The smallest absolute Gasteiger partial charge is 0.276 e. The first-order valence-corrected chi connectivity index (χ1v) is 5.93. The fourth-order valence-corrected chi connectivity index (χ4v) is 2.00. The molecular formula is C14H18O2. The van der Waals surface area contributed by atoms with Crippen LogP contribution in [0.5, 0.6) is 0 Å². The van der Waals surface area contributed by atoms with Gasteiger partial charge >= 0.3 is 0 Å². The van der Waals surface area contributed by atoms with Gasteiger partial charge < -0.3 is 9.47 Å². The van der Waals surface area contributed by atoms with E-state index in [9.17, 15) is 0 Å². The summed E-state index contributed by atoms with van der Waals surface area (Å²) in [5, 5.41) is 0. The van der Waals surface area contributed by atoms with Crippen molar-refractivity contribution in [3.05, 3.63) is 48.4 Å². The topological polar surface area (TPSA) is 18.5 Å². The van der Waals surface area contributed by atoms with Gasteiger partial charge in [0.05, 0.1) is 0 Å². The largest absolute Gasteiger partial charge is 0.453 e. The van der Waals surface area contributed by atoms with Gasteiger partial charge in [0.1, 0.15) is 12.5 Å². The highest BCUT2D eigenvalue weighted by atomic mass is 16.7. The second-order valence-corrected chi connectivity index (χ2v) is 4.08. The van der Waals surface area contributed by atoms with Crippen molar-refractivity contribution in [3.8, 4) is 0 Å². The van der Waals surface area contributed by atoms with Gasteiger partial charge in [-0.2, -0.15) is 0 Å². The zero-order valence-electron chi connectivity index (χ0n) is 9.69. The highest BCUT2D eigenvalue weighted by molar-refractivity contribution is 5.21. The van der Waals surface area contributed by atoms with E-state index in [2.05, 4.69) is 19.1 Å². The molecular weight excluding hydrogens is 200 g/mol. The molecule has 0 aliphatic carbocycles. The Labute approximate surface area is 96.9 Å². The number of ether oxygens (including phenoxy) is 2. The van der Waals surface area contributed by atoms with Gasteiger partial charge in [-0.1, -0.05) is 50.1 Å². The second kappa shape index (κ2) is 5.06. The normalized spacial score (nSPS) is 16.8. The third kappa shape index (κ3) is 2.21. The van der Waals surface area contributed by atoms with E-state index in [1.165, 1.54) is 12.8 Å². The fourth-order valence-electron chi connectivity index (χ4n) is 2.00. The summed E-state index contributed by atoms with van der Waals surface area (Å²) in [6, 6.07) is 10.1. The van der Waals surface area contributed by atoms with Crippen molar-refractivity contribution in [3.63, 3.8) is 0 Å². The molecule has 16 heavy (non-hydrogen) atoms. The van der Waals surface area contributed by atoms with Crippen molar-refractivity contribution >= 4 is 0 Å². The van der Waals surface area contributed by atoms with Crippen LogP contribution in [0.2, 0.25) is 0 Å². The maximum atomic E-state index is 5.67. The van der Waals surface area contributed by atoms with Crippen molar-refractivity contribution in [1.82, 2.24) is 0 Å². The molecule has 0 saturated heterocycles. The van der Waals surface area contributed by atoms with E-state index in [1.807, 2.05) is 18.2 Å². The van der Waals surface area contributed by atoms with Crippen molar-refractivity contribution < 1.29 is 9.47 Å². The fraction of sp³-hybridized carbons (Fsp3) is 0.429. The molecule has 2 rings (SSSR count). The van der Waals surface area contributed by atoms with Gasteiger partial charge in [-0.15, -0.1) is 0 Å². The third-order valence-corrected chi connectivity index (χ3v) is 2.90. The van der Waals surface area contributed by atoms with Crippen LogP contribution in [0.15, 0.2) is 42.9 Å². The predicted octanol–water partition coefficient (Wildman–Crippen LogP) is 3.94. The Bertz CT molecular complexity index is 335. The summed E-state index contributed by atoms with van der Waals surface area (Å²) >= 11 is 0. The summed E-state index contributed by atoms with van der Waals surface area (Å²) in [6.45, 7) is 2.20. The Morgan fingerprint density at radius 2 is 1.69 bits per heavy atom. The van der Waals surface area contributed by atoms with E-state index in [4.69, 9.17) is 9.47 Å². The standard InChI is InChI=1S/C14H18O2/c1-2-3-7-10-14(15-11-12-16-14)13-8-5-4-6-9-13/h4-6,8-9,11-12H,2-3,7,10H2,1H3. The maximum Gasteiger partial charge on any atom is 0.276 e. The summed E-state index contributed by atoms with van der Waals surface area (Å²) in [5.41, 5.74) is 1.09. The van der Waals surface area contributed by atoms with Gasteiger partial charge in [-0.25, -0.2) is 0 Å². The molecule has 0 atom stereocenters. The van der Waals surface area contributed by atoms with Crippen LogP contribution in [0.25, 0.3) is 0 Å².